The molecule has 2 atom stereocenters. The molecule has 0 aliphatic carbocycles. The van der Waals surface area contributed by atoms with E-state index in [9.17, 15) is 5.11 Å². The van der Waals surface area contributed by atoms with E-state index in [0.29, 0.717) is 12.6 Å². The molecular formula is C18H24ClNO2. The Bertz CT molecular complexity index is 531. The molecule has 0 fully saturated rings. The second-order valence-corrected chi connectivity index (χ2v) is 5.29. The summed E-state index contributed by atoms with van der Waals surface area (Å²) < 4.78 is 5.15. The molecule has 4 heteroatoms. The Balaban J connectivity index is 0.00000242. The van der Waals surface area contributed by atoms with Crippen molar-refractivity contribution in [2.24, 2.45) is 0 Å². The largest absolute Gasteiger partial charge is 0.497 e. The van der Waals surface area contributed by atoms with E-state index in [1.807, 2.05) is 42.5 Å². The van der Waals surface area contributed by atoms with Crippen molar-refractivity contribution in [3.63, 3.8) is 0 Å². The second kappa shape index (κ2) is 9.46. The lowest BCUT2D eigenvalue weighted by Crippen LogP contribution is -2.32. The van der Waals surface area contributed by atoms with Gasteiger partial charge in [0.25, 0.3) is 0 Å². The number of halogens is 1. The zero-order chi connectivity index (χ0) is 15.1. The van der Waals surface area contributed by atoms with E-state index in [0.717, 1.165) is 17.7 Å². The molecule has 120 valence electrons. The first kappa shape index (κ1) is 18.5. The molecule has 0 aliphatic heterocycles. The van der Waals surface area contributed by atoms with Gasteiger partial charge in [0.1, 0.15) is 5.75 Å². The minimum Gasteiger partial charge on any atom is -0.497 e. The van der Waals surface area contributed by atoms with Crippen molar-refractivity contribution in [2.75, 3.05) is 13.7 Å². The number of aliphatic hydroxyl groups excluding tert-OH is 1. The average Bonchev–Trinajstić information content (AvgIpc) is 2.54. The van der Waals surface area contributed by atoms with Gasteiger partial charge in [-0.2, -0.15) is 0 Å². The molecule has 3 nitrogen and oxygen atoms in total. The maximum absolute atomic E-state index is 10.1. The summed E-state index contributed by atoms with van der Waals surface area (Å²) in [5.41, 5.74) is 2.20. The van der Waals surface area contributed by atoms with E-state index in [-0.39, 0.29) is 12.4 Å². The lowest BCUT2D eigenvalue weighted by atomic mass is 10.1. The van der Waals surface area contributed by atoms with Crippen molar-refractivity contribution in [3.8, 4) is 5.75 Å². The van der Waals surface area contributed by atoms with Gasteiger partial charge in [-0.25, -0.2) is 0 Å². The van der Waals surface area contributed by atoms with Gasteiger partial charge in [-0.15, -0.1) is 12.4 Å². The number of nitrogens with one attached hydrogen (secondary N) is 1. The molecule has 0 spiro atoms. The Labute approximate surface area is 138 Å². The molecular weight excluding hydrogens is 298 g/mol. The van der Waals surface area contributed by atoms with E-state index < -0.39 is 6.10 Å². The average molecular weight is 322 g/mol. The van der Waals surface area contributed by atoms with Crippen molar-refractivity contribution >= 4 is 12.4 Å². The quantitative estimate of drug-likeness (QED) is 0.821. The van der Waals surface area contributed by atoms with Crippen molar-refractivity contribution in [1.29, 1.82) is 0 Å². The van der Waals surface area contributed by atoms with E-state index >= 15 is 0 Å². The number of aliphatic hydroxyl groups is 1. The highest BCUT2D eigenvalue weighted by Gasteiger charge is 2.09. The van der Waals surface area contributed by atoms with Gasteiger partial charge in [-0.1, -0.05) is 42.5 Å². The van der Waals surface area contributed by atoms with Gasteiger partial charge in [-0.05, 0) is 36.6 Å². The molecule has 22 heavy (non-hydrogen) atoms. The fourth-order valence-electron chi connectivity index (χ4n) is 2.29. The summed E-state index contributed by atoms with van der Waals surface area (Å²) in [5, 5.41) is 13.5. The van der Waals surface area contributed by atoms with Crippen LogP contribution in [0.15, 0.2) is 54.6 Å². The summed E-state index contributed by atoms with van der Waals surface area (Å²) in [7, 11) is 1.67. The van der Waals surface area contributed by atoms with Crippen LogP contribution in [0.4, 0.5) is 0 Å². The highest BCUT2D eigenvalue weighted by atomic mass is 35.5. The molecule has 0 aliphatic rings. The summed E-state index contributed by atoms with van der Waals surface area (Å²) in [6.45, 7) is 2.68. The first-order chi connectivity index (χ1) is 10.2. The van der Waals surface area contributed by atoms with Crippen molar-refractivity contribution in [1.82, 2.24) is 5.32 Å². The molecule has 0 bridgehead atoms. The molecule has 0 aromatic heterocycles. The van der Waals surface area contributed by atoms with Crippen LogP contribution in [0.25, 0.3) is 0 Å². The maximum Gasteiger partial charge on any atom is 0.118 e. The lowest BCUT2D eigenvalue weighted by Gasteiger charge is -2.17. The van der Waals surface area contributed by atoms with Gasteiger partial charge in [0.2, 0.25) is 0 Å². The molecule has 2 N–H and O–H groups in total. The smallest absolute Gasteiger partial charge is 0.118 e. The zero-order valence-electron chi connectivity index (χ0n) is 13.0. The van der Waals surface area contributed by atoms with Crippen LogP contribution in [-0.4, -0.2) is 24.8 Å². The van der Waals surface area contributed by atoms with Gasteiger partial charge in [0.05, 0.1) is 13.2 Å². The van der Waals surface area contributed by atoms with Crippen LogP contribution in [0.1, 0.15) is 24.2 Å². The fraction of sp³-hybridized carbons (Fsp3) is 0.333. The number of hydrogen-bond donors (Lipinski definition) is 2. The first-order valence-electron chi connectivity index (χ1n) is 7.28. The van der Waals surface area contributed by atoms with Crippen molar-refractivity contribution in [2.45, 2.75) is 25.5 Å². The van der Waals surface area contributed by atoms with Gasteiger partial charge in [-0.3, -0.25) is 0 Å². The molecule has 0 radical (unpaired) electrons. The third-order valence-corrected chi connectivity index (χ3v) is 3.54. The lowest BCUT2D eigenvalue weighted by molar-refractivity contribution is 0.170. The van der Waals surface area contributed by atoms with E-state index in [1.165, 1.54) is 5.56 Å². The van der Waals surface area contributed by atoms with Gasteiger partial charge < -0.3 is 15.2 Å². The van der Waals surface area contributed by atoms with Gasteiger partial charge in [0, 0.05) is 12.6 Å². The molecule has 0 saturated carbocycles. The third kappa shape index (κ3) is 5.68. The van der Waals surface area contributed by atoms with Crippen LogP contribution in [0, 0.1) is 0 Å². The second-order valence-electron chi connectivity index (χ2n) is 5.29. The molecule has 2 aromatic rings. The maximum atomic E-state index is 10.1. The highest BCUT2D eigenvalue weighted by molar-refractivity contribution is 5.85. The van der Waals surface area contributed by atoms with Crippen molar-refractivity contribution in [3.05, 3.63) is 65.7 Å². The van der Waals surface area contributed by atoms with Crippen LogP contribution in [0.2, 0.25) is 0 Å². The molecule has 2 unspecified atom stereocenters. The number of ether oxygens (including phenoxy) is 1. The fourth-order valence-corrected chi connectivity index (χ4v) is 2.29. The number of hydrogen-bond acceptors (Lipinski definition) is 3. The summed E-state index contributed by atoms with van der Waals surface area (Å²) in [6, 6.07) is 18.1. The Morgan fingerprint density at radius 1 is 1.05 bits per heavy atom. The van der Waals surface area contributed by atoms with E-state index in [1.54, 1.807) is 7.11 Å². The Morgan fingerprint density at radius 3 is 2.27 bits per heavy atom. The molecule has 0 amide bonds. The van der Waals surface area contributed by atoms with Crippen LogP contribution in [0.3, 0.4) is 0 Å². The van der Waals surface area contributed by atoms with Gasteiger partial charge >= 0.3 is 0 Å². The molecule has 2 rings (SSSR count). The van der Waals surface area contributed by atoms with Crippen LogP contribution >= 0.6 is 12.4 Å². The first-order valence-corrected chi connectivity index (χ1v) is 7.28. The summed E-state index contributed by atoms with van der Waals surface area (Å²) in [5.74, 6) is 0.874. The van der Waals surface area contributed by atoms with Gasteiger partial charge in [0.15, 0.2) is 0 Å². The summed E-state index contributed by atoms with van der Waals surface area (Å²) in [4.78, 5) is 0. The summed E-state index contributed by atoms with van der Waals surface area (Å²) >= 11 is 0. The Kier molecular flexibility index (Phi) is 7.96. The third-order valence-electron chi connectivity index (χ3n) is 3.54. The topological polar surface area (TPSA) is 41.5 Å². The van der Waals surface area contributed by atoms with E-state index in [2.05, 4.69) is 24.4 Å². The number of methoxy groups -OCH3 is 1. The highest BCUT2D eigenvalue weighted by Crippen LogP contribution is 2.14. The predicted octanol–water partition coefficient (Wildman–Crippen LogP) is 3.37. The molecule has 0 saturated heterocycles. The Morgan fingerprint density at radius 2 is 1.68 bits per heavy atom. The normalized spacial score (nSPS) is 13.0. The van der Waals surface area contributed by atoms with Crippen LogP contribution < -0.4 is 10.1 Å². The van der Waals surface area contributed by atoms with E-state index in [4.69, 9.17) is 4.74 Å². The minimum absolute atomic E-state index is 0. The predicted molar refractivity (Wildman–Crippen MR) is 92.8 cm³/mol. The SMILES string of the molecule is COc1ccc(CC(C)NCC(O)c2ccccc2)cc1.Cl. The van der Waals surface area contributed by atoms with Crippen LogP contribution in [-0.2, 0) is 6.42 Å². The standard InChI is InChI=1S/C18H23NO2.ClH/c1-14(12-15-8-10-17(21-2)11-9-15)19-13-18(20)16-6-4-3-5-7-16;/h3-11,14,18-20H,12-13H2,1-2H3;1H. The number of benzene rings is 2. The van der Waals surface area contributed by atoms with Crippen LogP contribution in [0.5, 0.6) is 5.75 Å². The monoisotopic (exact) mass is 321 g/mol. The number of rotatable bonds is 7. The minimum atomic E-state index is -0.468. The van der Waals surface area contributed by atoms with Crippen molar-refractivity contribution < 1.29 is 9.84 Å². The summed E-state index contributed by atoms with van der Waals surface area (Å²) in [6.07, 6.45) is 0.454. The Hall–Kier alpha value is -1.55. The molecule has 2 aromatic carbocycles. The zero-order valence-corrected chi connectivity index (χ0v) is 13.8. The molecule has 0 heterocycles.